The van der Waals surface area contributed by atoms with Gasteiger partial charge in [-0.3, -0.25) is 0 Å². The second kappa shape index (κ2) is 4.68. The molecule has 0 bridgehead atoms. The lowest BCUT2D eigenvalue weighted by molar-refractivity contribution is 0.535. The SMILES string of the molecule is Cc1ccccc1-c1nc(Cn2cncn2)c(C)o1. The molecule has 0 amide bonds. The molecule has 0 aliphatic rings. The zero-order valence-corrected chi connectivity index (χ0v) is 10.9. The third kappa shape index (κ3) is 2.27. The van der Waals surface area contributed by atoms with Crippen LogP contribution in [0.5, 0.6) is 0 Å². The molecule has 2 aromatic heterocycles. The molecule has 1 aromatic carbocycles. The Morgan fingerprint density at radius 1 is 1.21 bits per heavy atom. The molecule has 0 saturated carbocycles. The number of rotatable bonds is 3. The molecule has 0 aliphatic carbocycles. The lowest BCUT2D eigenvalue weighted by atomic mass is 10.1. The van der Waals surface area contributed by atoms with Crippen molar-refractivity contribution in [2.24, 2.45) is 0 Å². The number of oxazole rings is 1. The van der Waals surface area contributed by atoms with Crippen molar-refractivity contribution in [3.05, 3.63) is 53.9 Å². The monoisotopic (exact) mass is 254 g/mol. The lowest BCUT2D eigenvalue weighted by Gasteiger charge is -1.99. The van der Waals surface area contributed by atoms with E-state index in [1.54, 1.807) is 11.0 Å². The van der Waals surface area contributed by atoms with Crippen molar-refractivity contribution in [2.75, 3.05) is 0 Å². The first kappa shape index (κ1) is 11.6. The summed E-state index contributed by atoms with van der Waals surface area (Å²) in [6.07, 6.45) is 3.18. The van der Waals surface area contributed by atoms with Gasteiger partial charge in [0.1, 0.15) is 24.1 Å². The number of hydrogen-bond donors (Lipinski definition) is 0. The Balaban J connectivity index is 1.95. The van der Waals surface area contributed by atoms with Crippen LogP contribution in [-0.4, -0.2) is 19.7 Å². The molecular formula is C14H14N4O. The first-order chi connectivity index (χ1) is 9.24. The minimum Gasteiger partial charge on any atom is -0.441 e. The fraction of sp³-hybridized carbons (Fsp3) is 0.214. The van der Waals surface area contributed by atoms with Crippen LogP contribution in [-0.2, 0) is 6.54 Å². The number of nitrogens with zero attached hydrogens (tertiary/aromatic N) is 4. The highest BCUT2D eigenvalue weighted by Gasteiger charge is 2.13. The fourth-order valence-electron chi connectivity index (χ4n) is 1.97. The molecule has 19 heavy (non-hydrogen) atoms. The Kier molecular flexibility index (Phi) is 2.87. The van der Waals surface area contributed by atoms with Crippen molar-refractivity contribution in [3.63, 3.8) is 0 Å². The van der Waals surface area contributed by atoms with Gasteiger partial charge in [0.15, 0.2) is 0 Å². The maximum atomic E-state index is 5.76. The summed E-state index contributed by atoms with van der Waals surface area (Å²) in [5.41, 5.74) is 3.05. The molecule has 0 saturated heterocycles. The van der Waals surface area contributed by atoms with Gasteiger partial charge in [0.05, 0.1) is 6.54 Å². The molecule has 0 spiro atoms. The average Bonchev–Trinajstić information content (AvgIpc) is 3.02. The molecule has 0 N–H and O–H groups in total. The van der Waals surface area contributed by atoms with Gasteiger partial charge in [0, 0.05) is 5.56 Å². The number of benzene rings is 1. The third-order valence-electron chi connectivity index (χ3n) is 3.05. The Morgan fingerprint density at radius 3 is 2.79 bits per heavy atom. The van der Waals surface area contributed by atoms with Gasteiger partial charge in [-0.05, 0) is 25.5 Å². The van der Waals surface area contributed by atoms with E-state index in [1.165, 1.54) is 6.33 Å². The standard InChI is InChI=1S/C14H14N4O/c1-10-5-3-4-6-12(10)14-17-13(11(2)19-14)7-18-9-15-8-16-18/h3-6,8-9H,7H2,1-2H3. The van der Waals surface area contributed by atoms with E-state index in [-0.39, 0.29) is 0 Å². The van der Waals surface area contributed by atoms with Gasteiger partial charge >= 0.3 is 0 Å². The van der Waals surface area contributed by atoms with Crippen molar-refractivity contribution in [3.8, 4) is 11.5 Å². The summed E-state index contributed by atoms with van der Waals surface area (Å²) in [4.78, 5) is 8.48. The molecule has 0 aliphatic heterocycles. The summed E-state index contributed by atoms with van der Waals surface area (Å²) in [5, 5.41) is 4.08. The normalized spacial score (nSPS) is 10.8. The molecule has 5 nitrogen and oxygen atoms in total. The van der Waals surface area contributed by atoms with E-state index < -0.39 is 0 Å². The average molecular weight is 254 g/mol. The zero-order valence-electron chi connectivity index (χ0n) is 10.9. The summed E-state index contributed by atoms with van der Waals surface area (Å²) in [7, 11) is 0. The summed E-state index contributed by atoms with van der Waals surface area (Å²) >= 11 is 0. The molecule has 0 unspecified atom stereocenters. The number of hydrogen-bond acceptors (Lipinski definition) is 4. The van der Waals surface area contributed by atoms with E-state index in [0.29, 0.717) is 12.4 Å². The van der Waals surface area contributed by atoms with Crippen LogP contribution in [0.4, 0.5) is 0 Å². The first-order valence-corrected chi connectivity index (χ1v) is 6.09. The maximum absolute atomic E-state index is 5.76. The van der Waals surface area contributed by atoms with Crippen LogP contribution in [0.1, 0.15) is 17.0 Å². The molecule has 2 heterocycles. The Labute approximate surface area is 110 Å². The third-order valence-corrected chi connectivity index (χ3v) is 3.05. The fourth-order valence-corrected chi connectivity index (χ4v) is 1.97. The van der Waals surface area contributed by atoms with Crippen molar-refractivity contribution in [1.29, 1.82) is 0 Å². The molecule has 0 radical (unpaired) electrons. The van der Waals surface area contributed by atoms with Gasteiger partial charge in [0.25, 0.3) is 0 Å². The highest BCUT2D eigenvalue weighted by Crippen LogP contribution is 2.24. The van der Waals surface area contributed by atoms with E-state index in [1.807, 2.05) is 38.1 Å². The second-order valence-corrected chi connectivity index (χ2v) is 4.43. The molecule has 0 fully saturated rings. The van der Waals surface area contributed by atoms with Gasteiger partial charge in [0.2, 0.25) is 5.89 Å². The van der Waals surface area contributed by atoms with Gasteiger partial charge < -0.3 is 4.42 Å². The predicted octanol–water partition coefficient (Wildman–Crippen LogP) is 2.60. The van der Waals surface area contributed by atoms with Gasteiger partial charge in [-0.15, -0.1) is 0 Å². The highest BCUT2D eigenvalue weighted by molar-refractivity contribution is 5.58. The smallest absolute Gasteiger partial charge is 0.226 e. The van der Waals surface area contributed by atoms with Crippen molar-refractivity contribution in [1.82, 2.24) is 19.7 Å². The summed E-state index contributed by atoms with van der Waals surface area (Å²) in [6.45, 7) is 4.54. The minimum atomic E-state index is 0.571. The highest BCUT2D eigenvalue weighted by atomic mass is 16.4. The van der Waals surface area contributed by atoms with E-state index in [0.717, 1.165) is 22.6 Å². The van der Waals surface area contributed by atoms with Crippen LogP contribution in [0.3, 0.4) is 0 Å². The molecule has 5 heteroatoms. The van der Waals surface area contributed by atoms with Crippen molar-refractivity contribution < 1.29 is 4.42 Å². The Bertz CT molecular complexity index is 685. The molecular weight excluding hydrogens is 240 g/mol. The Morgan fingerprint density at radius 2 is 2.05 bits per heavy atom. The van der Waals surface area contributed by atoms with Gasteiger partial charge in [-0.1, -0.05) is 18.2 Å². The summed E-state index contributed by atoms with van der Waals surface area (Å²) in [5.74, 6) is 1.47. The minimum absolute atomic E-state index is 0.571. The molecule has 0 atom stereocenters. The Hall–Kier alpha value is -2.43. The van der Waals surface area contributed by atoms with Gasteiger partial charge in [-0.2, -0.15) is 5.10 Å². The van der Waals surface area contributed by atoms with Crippen LogP contribution in [0.25, 0.3) is 11.5 Å². The molecule has 96 valence electrons. The maximum Gasteiger partial charge on any atom is 0.226 e. The van der Waals surface area contributed by atoms with Gasteiger partial charge in [-0.25, -0.2) is 14.6 Å². The van der Waals surface area contributed by atoms with Crippen molar-refractivity contribution >= 4 is 0 Å². The van der Waals surface area contributed by atoms with E-state index in [2.05, 4.69) is 15.1 Å². The van der Waals surface area contributed by atoms with E-state index in [9.17, 15) is 0 Å². The second-order valence-electron chi connectivity index (χ2n) is 4.43. The predicted molar refractivity (Wildman–Crippen MR) is 70.5 cm³/mol. The van der Waals surface area contributed by atoms with Crippen LogP contribution < -0.4 is 0 Å². The topological polar surface area (TPSA) is 56.7 Å². The summed E-state index contributed by atoms with van der Waals surface area (Å²) < 4.78 is 7.49. The zero-order chi connectivity index (χ0) is 13.2. The van der Waals surface area contributed by atoms with Crippen LogP contribution in [0.15, 0.2) is 41.3 Å². The first-order valence-electron chi connectivity index (χ1n) is 6.09. The van der Waals surface area contributed by atoms with E-state index in [4.69, 9.17) is 4.42 Å². The lowest BCUT2D eigenvalue weighted by Crippen LogP contribution is -2.01. The summed E-state index contributed by atoms with van der Waals surface area (Å²) in [6, 6.07) is 8.05. The van der Waals surface area contributed by atoms with Crippen molar-refractivity contribution in [2.45, 2.75) is 20.4 Å². The molecule has 3 rings (SSSR count). The molecule has 3 aromatic rings. The number of aromatic nitrogens is 4. The van der Waals surface area contributed by atoms with E-state index >= 15 is 0 Å². The van der Waals surface area contributed by atoms with Crippen LogP contribution in [0.2, 0.25) is 0 Å². The number of aryl methyl sites for hydroxylation is 2. The van der Waals surface area contributed by atoms with Crippen LogP contribution in [0, 0.1) is 13.8 Å². The largest absolute Gasteiger partial charge is 0.441 e. The quantitative estimate of drug-likeness (QED) is 0.721. The van der Waals surface area contributed by atoms with Crippen LogP contribution >= 0.6 is 0 Å².